The van der Waals surface area contributed by atoms with Crippen molar-refractivity contribution in [3.63, 3.8) is 0 Å². The van der Waals surface area contributed by atoms with Gasteiger partial charge in [-0.15, -0.1) is 0 Å². The maximum Gasteiger partial charge on any atom is 0.326 e. The molecule has 2 amide bonds. The number of nitrogens with two attached hydrogens (primary N) is 1. The average molecular weight is 300 g/mol. The normalized spacial score (nSPS) is 15.7. The number of halogens is 1. The maximum absolute atomic E-state index is 12.1. The first-order valence-corrected chi connectivity index (χ1v) is 6.45. The molecule has 1 aliphatic carbocycles. The summed E-state index contributed by atoms with van der Waals surface area (Å²) in [5.74, 6) is -2.70. The highest BCUT2D eigenvalue weighted by atomic mass is 35.5. The molecule has 0 aliphatic heterocycles. The number of carbonyl (C=O) groups excluding carboxylic acids is 2. The van der Waals surface area contributed by atoms with Crippen LogP contribution in [0.15, 0.2) is 12.3 Å². The summed E-state index contributed by atoms with van der Waals surface area (Å²) in [5.41, 5.74) is 5.24. The first-order chi connectivity index (χ1) is 9.38. The lowest BCUT2D eigenvalue weighted by Gasteiger charge is -2.14. The number of carboxylic acids is 1. The van der Waals surface area contributed by atoms with Crippen LogP contribution in [0.25, 0.3) is 0 Å². The number of nitrogens with zero attached hydrogens (tertiary/aromatic N) is 1. The molecule has 4 N–H and O–H groups in total. The van der Waals surface area contributed by atoms with Crippen molar-refractivity contribution in [1.29, 1.82) is 0 Å². The van der Waals surface area contributed by atoms with E-state index in [1.807, 2.05) is 0 Å². The Morgan fingerprint density at radius 3 is 2.65 bits per heavy atom. The lowest BCUT2D eigenvalue weighted by molar-refractivity contribution is -0.140. The predicted octanol–water partition coefficient (Wildman–Crippen LogP) is 0.535. The molecule has 1 heterocycles. The highest BCUT2D eigenvalue weighted by Crippen LogP contribution is 2.37. The minimum Gasteiger partial charge on any atom is -0.480 e. The van der Waals surface area contributed by atoms with E-state index in [-0.39, 0.29) is 11.7 Å². The highest BCUT2D eigenvalue weighted by molar-refractivity contribution is 6.31. The molecule has 7 nitrogen and oxygen atoms in total. The molecular formula is C12H14ClN3O4. The molecule has 1 atom stereocenters. The van der Waals surface area contributed by atoms with Gasteiger partial charge < -0.3 is 20.7 Å². The Balaban J connectivity index is 2.14. The maximum atomic E-state index is 12.1. The number of nitrogens with one attached hydrogen (secondary N) is 1. The fourth-order valence-electron chi connectivity index (χ4n) is 1.92. The van der Waals surface area contributed by atoms with E-state index in [1.54, 1.807) is 10.8 Å². The van der Waals surface area contributed by atoms with E-state index in [0.29, 0.717) is 5.02 Å². The van der Waals surface area contributed by atoms with Crippen molar-refractivity contribution in [2.24, 2.45) is 5.73 Å². The van der Waals surface area contributed by atoms with E-state index in [9.17, 15) is 14.4 Å². The molecule has 0 spiro atoms. The quantitative estimate of drug-likeness (QED) is 0.711. The minimum absolute atomic E-state index is 0.225. The van der Waals surface area contributed by atoms with Crippen LogP contribution in [0, 0.1) is 0 Å². The summed E-state index contributed by atoms with van der Waals surface area (Å²) in [6.45, 7) is 0. The Bertz CT molecular complexity index is 565. The third-order valence-electron chi connectivity index (χ3n) is 3.00. The number of hydrogen-bond donors (Lipinski definition) is 3. The average Bonchev–Trinajstić information content (AvgIpc) is 3.10. The molecule has 1 fully saturated rings. The van der Waals surface area contributed by atoms with Crippen LogP contribution in [-0.4, -0.2) is 33.5 Å². The minimum atomic E-state index is -1.35. The molecule has 1 aromatic heterocycles. The number of carbonyl (C=O) groups is 3. The Morgan fingerprint density at radius 1 is 1.50 bits per heavy atom. The second-order valence-corrected chi connectivity index (χ2v) is 5.15. The Labute approximate surface area is 119 Å². The van der Waals surface area contributed by atoms with Gasteiger partial charge in [0.1, 0.15) is 11.7 Å². The second kappa shape index (κ2) is 5.54. The summed E-state index contributed by atoms with van der Waals surface area (Å²) >= 11 is 5.87. The lowest BCUT2D eigenvalue weighted by atomic mass is 10.2. The standard InChI is InChI=1S/C12H14ClN3O4/c13-6-3-9(16(5-6)7-1-2-7)11(18)15-8(12(19)20)4-10(14)17/h3,5,7-8H,1-2,4H2,(H2,14,17)(H,15,18)(H,19,20)/t8-/m0/s1. The molecular weight excluding hydrogens is 286 g/mol. The molecule has 1 aromatic rings. The second-order valence-electron chi connectivity index (χ2n) is 4.72. The first kappa shape index (κ1) is 14.4. The van der Waals surface area contributed by atoms with E-state index in [0.717, 1.165) is 12.8 Å². The van der Waals surface area contributed by atoms with E-state index in [1.165, 1.54) is 6.07 Å². The number of rotatable bonds is 6. The summed E-state index contributed by atoms with van der Waals surface area (Å²) in [6.07, 6.45) is 3.08. The summed E-state index contributed by atoms with van der Waals surface area (Å²) in [7, 11) is 0. The third kappa shape index (κ3) is 3.30. The van der Waals surface area contributed by atoms with Gasteiger partial charge in [-0.3, -0.25) is 9.59 Å². The Hall–Kier alpha value is -2.02. The first-order valence-electron chi connectivity index (χ1n) is 6.08. The van der Waals surface area contributed by atoms with Gasteiger partial charge in [-0.2, -0.15) is 0 Å². The molecule has 0 radical (unpaired) electrons. The fourth-order valence-corrected chi connectivity index (χ4v) is 2.12. The van der Waals surface area contributed by atoms with Gasteiger partial charge in [-0.25, -0.2) is 4.79 Å². The van der Waals surface area contributed by atoms with Crippen molar-refractivity contribution < 1.29 is 19.5 Å². The van der Waals surface area contributed by atoms with Gasteiger partial charge in [-0.1, -0.05) is 11.6 Å². The van der Waals surface area contributed by atoms with Crippen LogP contribution in [0.3, 0.4) is 0 Å². The van der Waals surface area contributed by atoms with E-state index in [2.05, 4.69) is 5.32 Å². The van der Waals surface area contributed by atoms with Crippen LogP contribution in [0.4, 0.5) is 0 Å². The monoisotopic (exact) mass is 299 g/mol. The van der Waals surface area contributed by atoms with Gasteiger partial charge in [0.05, 0.1) is 11.4 Å². The third-order valence-corrected chi connectivity index (χ3v) is 3.20. The SMILES string of the molecule is NC(=O)C[C@H](NC(=O)c1cc(Cl)cn1C1CC1)C(=O)O. The van der Waals surface area contributed by atoms with E-state index in [4.69, 9.17) is 22.4 Å². The van der Waals surface area contributed by atoms with Gasteiger partial charge in [0.15, 0.2) is 0 Å². The van der Waals surface area contributed by atoms with Gasteiger partial charge in [0.2, 0.25) is 5.91 Å². The molecule has 108 valence electrons. The summed E-state index contributed by atoms with van der Waals surface area (Å²) in [4.78, 5) is 33.9. The van der Waals surface area contributed by atoms with Crippen LogP contribution in [0.5, 0.6) is 0 Å². The molecule has 0 saturated heterocycles. The zero-order valence-corrected chi connectivity index (χ0v) is 11.3. The van der Waals surface area contributed by atoms with E-state index >= 15 is 0 Å². The number of aromatic nitrogens is 1. The molecule has 2 rings (SSSR count). The molecule has 0 unspecified atom stereocenters. The summed E-state index contributed by atoms with van der Waals surface area (Å²) in [6, 6.07) is 0.349. The van der Waals surface area contributed by atoms with Gasteiger partial charge in [-0.05, 0) is 18.9 Å². The zero-order chi connectivity index (χ0) is 14.9. The number of hydrogen-bond acceptors (Lipinski definition) is 3. The van der Waals surface area contributed by atoms with Crippen LogP contribution < -0.4 is 11.1 Å². The lowest BCUT2D eigenvalue weighted by Crippen LogP contribution is -2.43. The number of amides is 2. The molecule has 0 aromatic carbocycles. The molecule has 20 heavy (non-hydrogen) atoms. The van der Waals surface area contributed by atoms with Gasteiger partial charge in [0.25, 0.3) is 5.91 Å². The van der Waals surface area contributed by atoms with Crippen LogP contribution in [-0.2, 0) is 9.59 Å². The zero-order valence-electron chi connectivity index (χ0n) is 10.5. The van der Waals surface area contributed by atoms with E-state index < -0.39 is 30.2 Å². The highest BCUT2D eigenvalue weighted by Gasteiger charge is 2.30. The van der Waals surface area contributed by atoms with Crippen LogP contribution in [0.1, 0.15) is 35.8 Å². The Kier molecular flexibility index (Phi) is 3.99. The molecule has 8 heteroatoms. The number of primary amides is 1. The summed E-state index contributed by atoms with van der Waals surface area (Å²) in [5, 5.41) is 11.6. The van der Waals surface area contributed by atoms with Crippen molar-refractivity contribution in [2.45, 2.75) is 31.3 Å². The van der Waals surface area contributed by atoms with Crippen molar-refractivity contribution in [2.75, 3.05) is 0 Å². The summed E-state index contributed by atoms with van der Waals surface area (Å²) < 4.78 is 1.72. The topological polar surface area (TPSA) is 114 Å². The predicted molar refractivity (Wildman–Crippen MR) is 70.4 cm³/mol. The fraction of sp³-hybridized carbons (Fsp3) is 0.417. The molecule has 1 aliphatic rings. The van der Waals surface area contributed by atoms with Crippen LogP contribution >= 0.6 is 11.6 Å². The smallest absolute Gasteiger partial charge is 0.326 e. The van der Waals surface area contributed by atoms with Gasteiger partial charge in [0, 0.05) is 12.2 Å². The number of carboxylic acid groups (broad SMARTS) is 1. The molecule has 0 bridgehead atoms. The van der Waals surface area contributed by atoms with Crippen molar-refractivity contribution in [1.82, 2.24) is 9.88 Å². The largest absolute Gasteiger partial charge is 0.480 e. The van der Waals surface area contributed by atoms with Crippen molar-refractivity contribution in [3.8, 4) is 0 Å². The Morgan fingerprint density at radius 2 is 2.15 bits per heavy atom. The van der Waals surface area contributed by atoms with Crippen LogP contribution in [0.2, 0.25) is 5.02 Å². The van der Waals surface area contributed by atoms with Gasteiger partial charge >= 0.3 is 5.97 Å². The number of aliphatic carboxylic acids is 1. The van der Waals surface area contributed by atoms with Crippen molar-refractivity contribution in [3.05, 3.63) is 23.0 Å². The molecule has 1 saturated carbocycles. The van der Waals surface area contributed by atoms with Crippen molar-refractivity contribution >= 4 is 29.4 Å².